The van der Waals surface area contributed by atoms with Crippen LogP contribution in [0.2, 0.25) is 5.02 Å². The summed E-state index contributed by atoms with van der Waals surface area (Å²) in [5, 5.41) is 4.08. The molecule has 0 bridgehead atoms. The molecule has 0 saturated carbocycles. The number of hydrogen-bond donors (Lipinski definition) is 1. The molecule has 21 heavy (non-hydrogen) atoms. The molecule has 0 spiro atoms. The predicted octanol–water partition coefficient (Wildman–Crippen LogP) is 5.38. The Balaban J connectivity index is 2.33. The minimum Gasteiger partial charge on any atom is -0.497 e. The standard InChI is InChI=1S/C16H16Br2ClNO/c1-20-16(13-9-11(19)3-5-15(13)18)8-10-7-12(21-2)4-6-14(10)17/h3-7,9,16,20H,8H2,1-2H3. The van der Waals surface area contributed by atoms with Crippen molar-refractivity contribution in [2.24, 2.45) is 0 Å². The van der Waals surface area contributed by atoms with Gasteiger partial charge in [0.2, 0.25) is 0 Å². The monoisotopic (exact) mass is 431 g/mol. The number of ether oxygens (including phenoxy) is 1. The number of methoxy groups -OCH3 is 1. The SMILES string of the molecule is CNC(Cc1cc(OC)ccc1Br)c1cc(Cl)ccc1Br. The molecule has 2 rings (SSSR count). The van der Waals surface area contributed by atoms with E-state index in [-0.39, 0.29) is 6.04 Å². The largest absolute Gasteiger partial charge is 0.497 e. The zero-order chi connectivity index (χ0) is 15.4. The van der Waals surface area contributed by atoms with E-state index in [0.717, 1.165) is 31.7 Å². The van der Waals surface area contributed by atoms with Crippen LogP contribution < -0.4 is 10.1 Å². The molecule has 0 amide bonds. The Morgan fingerprint density at radius 1 is 1.14 bits per heavy atom. The Hall–Kier alpha value is -0.550. The molecule has 0 aliphatic carbocycles. The van der Waals surface area contributed by atoms with Crippen LogP contribution in [0.3, 0.4) is 0 Å². The lowest BCUT2D eigenvalue weighted by atomic mass is 9.99. The van der Waals surface area contributed by atoms with Crippen LogP contribution in [0.1, 0.15) is 17.2 Å². The fourth-order valence-electron chi connectivity index (χ4n) is 2.20. The highest BCUT2D eigenvalue weighted by molar-refractivity contribution is 9.10. The first-order valence-corrected chi connectivity index (χ1v) is 8.46. The second-order valence-corrected chi connectivity index (χ2v) is 6.81. The van der Waals surface area contributed by atoms with Gasteiger partial charge in [0.05, 0.1) is 7.11 Å². The van der Waals surface area contributed by atoms with E-state index in [9.17, 15) is 0 Å². The first kappa shape index (κ1) is 16.8. The average Bonchev–Trinajstić information content (AvgIpc) is 2.49. The lowest BCUT2D eigenvalue weighted by Gasteiger charge is -2.20. The fraction of sp³-hybridized carbons (Fsp3) is 0.250. The van der Waals surface area contributed by atoms with Gasteiger partial charge in [-0.05, 0) is 61.0 Å². The van der Waals surface area contributed by atoms with Gasteiger partial charge in [-0.1, -0.05) is 43.5 Å². The predicted molar refractivity (Wildman–Crippen MR) is 95.4 cm³/mol. The Morgan fingerprint density at radius 2 is 1.86 bits per heavy atom. The normalized spacial score (nSPS) is 12.2. The molecule has 0 aliphatic heterocycles. The highest BCUT2D eigenvalue weighted by atomic mass is 79.9. The van der Waals surface area contributed by atoms with Crippen LogP contribution >= 0.6 is 43.5 Å². The molecule has 2 aromatic carbocycles. The van der Waals surface area contributed by atoms with E-state index >= 15 is 0 Å². The maximum absolute atomic E-state index is 6.12. The second-order valence-electron chi connectivity index (χ2n) is 4.67. The van der Waals surface area contributed by atoms with Gasteiger partial charge in [0.25, 0.3) is 0 Å². The van der Waals surface area contributed by atoms with Crippen molar-refractivity contribution in [3.63, 3.8) is 0 Å². The van der Waals surface area contributed by atoms with E-state index in [1.54, 1.807) is 7.11 Å². The number of halogens is 3. The van der Waals surface area contributed by atoms with Crippen molar-refractivity contribution in [2.45, 2.75) is 12.5 Å². The summed E-state index contributed by atoms with van der Waals surface area (Å²) >= 11 is 13.3. The Morgan fingerprint density at radius 3 is 2.52 bits per heavy atom. The number of hydrogen-bond acceptors (Lipinski definition) is 2. The lowest BCUT2D eigenvalue weighted by Crippen LogP contribution is -2.19. The van der Waals surface area contributed by atoms with Crippen molar-refractivity contribution in [3.8, 4) is 5.75 Å². The molecule has 0 aromatic heterocycles. The van der Waals surface area contributed by atoms with Crippen molar-refractivity contribution < 1.29 is 4.74 Å². The van der Waals surface area contributed by atoms with Crippen molar-refractivity contribution in [2.75, 3.05) is 14.2 Å². The highest BCUT2D eigenvalue weighted by Gasteiger charge is 2.16. The summed E-state index contributed by atoms with van der Waals surface area (Å²) < 4.78 is 7.42. The Kier molecular flexibility index (Phi) is 6.11. The van der Waals surface area contributed by atoms with Gasteiger partial charge in [-0.2, -0.15) is 0 Å². The van der Waals surface area contributed by atoms with Crippen molar-refractivity contribution in [1.29, 1.82) is 0 Å². The first-order chi connectivity index (χ1) is 10.0. The van der Waals surface area contributed by atoms with E-state index in [4.69, 9.17) is 16.3 Å². The second kappa shape index (κ2) is 7.63. The van der Waals surface area contributed by atoms with Gasteiger partial charge in [-0.3, -0.25) is 0 Å². The van der Waals surface area contributed by atoms with E-state index in [0.29, 0.717) is 0 Å². The summed E-state index contributed by atoms with van der Waals surface area (Å²) in [6.07, 6.45) is 0.827. The molecule has 0 heterocycles. The quantitative estimate of drug-likeness (QED) is 0.684. The summed E-state index contributed by atoms with van der Waals surface area (Å²) in [7, 11) is 3.63. The van der Waals surface area contributed by atoms with Crippen LogP contribution in [0, 0.1) is 0 Å². The molecule has 1 N–H and O–H groups in total. The molecular weight excluding hydrogens is 417 g/mol. The number of rotatable bonds is 5. The fourth-order valence-corrected chi connectivity index (χ4v) is 3.32. The molecule has 0 aliphatic rings. The zero-order valence-electron chi connectivity index (χ0n) is 11.8. The maximum Gasteiger partial charge on any atom is 0.119 e. The van der Waals surface area contributed by atoms with Gasteiger partial charge in [0, 0.05) is 20.0 Å². The molecule has 5 heteroatoms. The van der Waals surface area contributed by atoms with Crippen LogP contribution in [0.5, 0.6) is 5.75 Å². The van der Waals surface area contributed by atoms with Crippen molar-refractivity contribution >= 4 is 43.5 Å². The third-order valence-electron chi connectivity index (χ3n) is 3.36. The first-order valence-electron chi connectivity index (χ1n) is 6.49. The number of likely N-dealkylation sites (N-methyl/N-ethyl adjacent to an activating group) is 1. The minimum absolute atomic E-state index is 0.154. The average molecular weight is 434 g/mol. The maximum atomic E-state index is 6.12. The van der Waals surface area contributed by atoms with Crippen molar-refractivity contribution in [3.05, 3.63) is 61.5 Å². The molecule has 112 valence electrons. The van der Waals surface area contributed by atoms with Gasteiger partial charge in [-0.25, -0.2) is 0 Å². The molecule has 2 aromatic rings. The van der Waals surface area contributed by atoms with Crippen molar-refractivity contribution in [1.82, 2.24) is 5.32 Å². The Labute approximate surface area is 147 Å². The van der Waals surface area contributed by atoms with Gasteiger partial charge in [0.1, 0.15) is 5.75 Å². The molecule has 0 radical (unpaired) electrons. The minimum atomic E-state index is 0.154. The summed E-state index contributed by atoms with van der Waals surface area (Å²) in [5.74, 6) is 0.855. The van der Waals surface area contributed by atoms with Gasteiger partial charge < -0.3 is 10.1 Å². The third-order valence-corrected chi connectivity index (χ3v) is 5.09. The Bertz CT molecular complexity index is 634. The topological polar surface area (TPSA) is 21.3 Å². The third kappa shape index (κ3) is 4.22. The molecule has 2 nitrogen and oxygen atoms in total. The molecular formula is C16H16Br2ClNO. The molecule has 1 unspecified atom stereocenters. The number of benzene rings is 2. The van der Waals surface area contributed by atoms with Crippen LogP contribution in [-0.4, -0.2) is 14.2 Å². The number of nitrogens with one attached hydrogen (secondary N) is 1. The van der Waals surface area contributed by atoms with E-state index in [1.165, 1.54) is 5.56 Å². The smallest absolute Gasteiger partial charge is 0.119 e. The van der Waals surface area contributed by atoms with Gasteiger partial charge >= 0.3 is 0 Å². The van der Waals surface area contributed by atoms with Crippen LogP contribution in [0.25, 0.3) is 0 Å². The molecule has 1 atom stereocenters. The van der Waals surface area contributed by atoms with Crippen LogP contribution in [0.4, 0.5) is 0 Å². The zero-order valence-corrected chi connectivity index (χ0v) is 15.7. The van der Waals surface area contributed by atoms with E-state index in [2.05, 4.69) is 37.2 Å². The summed E-state index contributed by atoms with van der Waals surface area (Å²) in [6, 6.07) is 12.0. The van der Waals surface area contributed by atoms with E-state index in [1.807, 2.05) is 43.4 Å². The van der Waals surface area contributed by atoms with Gasteiger partial charge in [0.15, 0.2) is 0 Å². The molecule has 0 saturated heterocycles. The van der Waals surface area contributed by atoms with Crippen LogP contribution in [-0.2, 0) is 6.42 Å². The summed E-state index contributed by atoms with van der Waals surface area (Å²) in [4.78, 5) is 0. The highest BCUT2D eigenvalue weighted by Crippen LogP contribution is 2.31. The summed E-state index contributed by atoms with van der Waals surface area (Å²) in [6.45, 7) is 0. The van der Waals surface area contributed by atoms with Crippen LogP contribution in [0.15, 0.2) is 45.3 Å². The lowest BCUT2D eigenvalue weighted by molar-refractivity contribution is 0.414. The summed E-state index contributed by atoms with van der Waals surface area (Å²) in [5.41, 5.74) is 2.32. The van der Waals surface area contributed by atoms with E-state index < -0.39 is 0 Å². The molecule has 0 fully saturated rings. The van der Waals surface area contributed by atoms with Gasteiger partial charge in [-0.15, -0.1) is 0 Å².